The number of carboxylic acids is 1. The molecule has 0 spiro atoms. The molecule has 1 fully saturated rings. The van der Waals surface area contributed by atoms with Gasteiger partial charge in [0.05, 0.1) is 12.0 Å². The van der Waals surface area contributed by atoms with Gasteiger partial charge in [-0.2, -0.15) is 0 Å². The van der Waals surface area contributed by atoms with Crippen LogP contribution in [-0.2, 0) is 16.8 Å². The van der Waals surface area contributed by atoms with Crippen LogP contribution >= 0.6 is 0 Å². The fourth-order valence-corrected chi connectivity index (χ4v) is 4.61. The second-order valence-corrected chi connectivity index (χ2v) is 9.94. The summed E-state index contributed by atoms with van der Waals surface area (Å²) >= 11 is 0. The van der Waals surface area contributed by atoms with Crippen molar-refractivity contribution in [2.24, 2.45) is 0 Å². The minimum absolute atomic E-state index is 0.0937. The van der Waals surface area contributed by atoms with E-state index >= 15 is 0 Å². The molecule has 8 heteroatoms. The number of rotatable bonds is 6. The van der Waals surface area contributed by atoms with Crippen LogP contribution in [0.3, 0.4) is 0 Å². The highest BCUT2D eigenvalue weighted by Crippen LogP contribution is 2.38. The number of benzene rings is 2. The van der Waals surface area contributed by atoms with E-state index in [1.165, 1.54) is 0 Å². The number of hydrogen-bond acceptors (Lipinski definition) is 5. The highest BCUT2D eigenvalue weighted by molar-refractivity contribution is 6.10. The molecule has 180 valence electrons. The van der Waals surface area contributed by atoms with Gasteiger partial charge in [-0.15, -0.1) is 10.2 Å². The first kappa shape index (κ1) is 22.2. The lowest BCUT2D eigenvalue weighted by Crippen LogP contribution is -2.28. The highest BCUT2D eigenvalue weighted by Gasteiger charge is 2.32. The number of carboxylic acid groups (broad SMARTS) is 1. The molecule has 8 nitrogen and oxygen atoms in total. The van der Waals surface area contributed by atoms with Crippen molar-refractivity contribution in [2.45, 2.75) is 44.7 Å². The van der Waals surface area contributed by atoms with Gasteiger partial charge in [0.2, 0.25) is 0 Å². The molecule has 0 saturated heterocycles. The molecule has 0 radical (unpaired) electrons. The largest absolute Gasteiger partial charge is 0.481 e. The van der Waals surface area contributed by atoms with Crippen LogP contribution in [-0.4, -0.2) is 36.7 Å². The van der Waals surface area contributed by atoms with E-state index in [9.17, 15) is 14.7 Å². The lowest BCUT2D eigenvalue weighted by Gasteiger charge is -2.19. The molecule has 3 heterocycles. The van der Waals surface area contributed by atoms with Gasteiger partial charge >= 0.3 is 5.97 Å². The lowest BCUT2D eigenvalue weighted by molar-refractivity contribution is -0.142. The van der Waals surface area contributed by atoms with Crippen molar-refractivity contribution in [2.75, 3.05) is 4.90 Å². The molecule has 36 heavy (non-hydrogen) atoms. The summed E-state index contributed by atoms with van der Waals surface area (Å²) in [5.41, 5.74) is 3.88. The number of carbonyl (C=O) groups is 2. The van der Waals surface area contributed by atoms with Crippen LogP contribution in [0.1, 0.15) is 54.2 Å². The molecule has 0 bridgehead atoms. The van der Waals surface area contributed by atoms with Gasteiger partial charge in [-0.05, 0) is 67.1 Å². The number of anilines is 1. The predicted octanol–water partition coefficient (Wildman–Crippen LogP) is 4.86. The van der Waals surface area contributed by atoms with Crippen LogP contribution in [0.25, 0.3) is 22.6 Å². The summed E-state index contributed by atoms with van der Waals surface area (Å²) in [5.74, 6) is 0.342. The molecule has 6 rings (SSSR count). The Hall–Kier alpha value is -4.33. The molecule has 1 N–H and O–H groups in total. The summed E-state index contributed by atoms with van der Waals surface area (Å²) < 4.78 is 2.06. The van der Waals surface area contributed by atoms with Gasteiger partial charge in [0.25, 0.3) is 5.91 Å². The molecule has 4 aromatic rings. The molecule has 2 aromatic heterocycles. The average molecular weight is 480 g/mol. The maximum atomic E-state index is 13.4. The number of pyridine rings is 1. The molecule has 0 unspecified atom stereocenters. The minimum atomic E-state index is -0.972. The Balaban J connectivity index is 1.27. The van der Waals surface area contributed by atoms with Crippen LogP contribution in [0.5, 0.6) is 0 Å². The normalized spacial score (nSPS) is 15.3. The molecule has 0 atom stereocenters. The average Bonchev–Trinajstić information content (AvgIpc) is 3.52. The summed E-state index contributed by atoms with van der Waals surface area (Å²) in [4.78, 5) is 31.4. The van der Waals surface area contributed by atoms with Crippen molar-refractivity contribution in [1.29, 1.82) is 0 Å². The Morgan fingerprint density at radius 3 is 2.50 bits per heavy atom. The van der Waals surface area contributed by atoms with Gasteiger partial charge in [0, 0.05) is 11.6 Å². The monoisotopic (exact) mass is 479 g/mol. The Bertz CT molecular complexity index is 1500. The Labute approximate surface area is 208 Å². The zero-order valence-electron chi connectivity index (χ0n) is 20.0. The smallest absolute Gasteiger partial charge is 0.313 e. The standard InChI is InChI=1S/C28H25N5O3/c1-28(2,27(35)36)20-10-8-17(9-11-20)18-6-7-19-15-32(26(34)22(19)14-18)24-5-3-4-23(30-24)25-31-29-16-33(25)21-12-13-21/h3-11,14,16,21H,12-13,15H2,1-2H3,(H,35,36). The number of aromatic nitrogens is 4. The third-order valence-corrected chi connectivity index (χ3v) is 7.14. The zero-order valence-corrected chi connectivity index (χ0v) is 20.0. The zero-order chi connectivity index (χ0) is 25.0. The summed E-state index contributed by atoms with van der Waals surface area (Å²) in [6.07, 6.45) is 3.98. The van der Waals surface area contributed by atoms with E-state index in [0.717, 1.165) is 40.9 Å². The third kappa shape index (κ3) is 3.66. The second-order valence-electron chi connectivity index (χ2n) is 9.94. The van der Waals surface area contributed by atoms with Crippen molar-refractivity contribution >= 4 is 17.7 Å². The number of hydrogen-bond donors (Lipinski definition) is 1. The SMILES string of the molecule is CC(C)(C(=O)O)c1ccc(-c2ccc3c(c2)C(=O)N(c2cccc(-c4nncn4C4CC4)n2)C3)cc1. The number of nitrogens with zero attached hydrogens (tertiary/aromatic N) is 5. The summed E-state index contributed by atoms with van der Waals surface area (Å²) in [5, 5.41) is 17.8. The van der Waals surface area contributed by atoms with Crippen LogP contribution < -0.4 is 4.90 Å². The summed E-state index contributed by atoms with van der Waals surface area (Å²) in [7, 11) is 0. The van der Waals surface area contributed by atoms with Gasteiger partial charge in [0.1, 0.15) is 17.8 Å². The van der Waals surface area contributed by atoms with Crippen LogP contribution in [0.4, 0.5) is 5.82 Å². The van der Waals surface area contributed by atoms with E-state index in [0.29, 0.717) is 29.7 Å². The topological polar surface area (TPSA) is 101 Å². The third-order valence-electron chi connectivity index (χ3n) is 7.14. The Morgan fingerprint density at radius 2 is 1.78 bits per heavy atom. The number of amides is 1. The fourth-order valence-electron chi connectivity index (χ4n) is 4.61. The maximum absolute atomic E-state index is 13.4. The van der Waals surface area contributed by atoms with E-state index < -0.39 is 11.4 Å². The van der Waals surface area contributed by atoms with Crippen molar-refractivity contribution in [3.8, 4) is 22.6 Å². The molecule has 1 aliphatic carbocycles. The molecule has 1 aliphatic heterocycles. The molecule has 2 aliphatic rings. The summed E-state index contributed by atoms with van der Waals surface area (Å²) in [6.45, 7) is 3.82. The first-order valence-corrected chi connectivity index (χ1v) is 12.0. The van der Waals surface area contributed by atoms with Crippen molar-refractivity contribution < 1.29 is 14.7 Å². The Morgan fingerprint density at radius 1 is 1.03 bits per heavy atom. The van der Waals surface area contributed by atoms with Crippen LogP contribution in [0, 0.1) is 0 Å². The van der Waals surface area contributed by atoms with Crippen LogP contribution in [0.15, 0.2) is 67.0 Å². The van der Waals surface area contributed by atoms with Gasteiger partial charge in [-0.1, -0.05) is 42.5 Å². The number of fused-ring (bicyclic) bond motifs is 1. The predicted molar refractivity (Wildman–Crippen MR) is 135 cm³/mol. The minimum Gasteiger partial charge on any atom is -0.481 e. The van der Waals surface area contributed by atoms with E-state index in [2.05, 4.69) is 14.8 Å². The molecule has 1 amide bonds. The number of aliphatic carboxylic acids is 1. The van der Waals surface area contributed by atoms with Gasteiger partial charge in [-0.3, -0.25) is 14.5 Å². The molecular weight excluding hydrogens is 454 g/mol. The first-order chi connectivity index (χ1) is 17.3. The van der Waals surface area contributed by atoms with Gasteiger partial charge in [-0.25, -0.2) is 4.98 Å². The quantitative estimate of drug-likeness (QED) is 0.424. The number of carbonyl (C=O) groups excluding carboxylic acids is 1. The van der Waals surface area contributed by atoms with E-state index in [1.54, 1.807) is 25.1 Å². The maximum Gasteiger partial charge on any atom is 0.313 e. The molecule has 1 saturated carbocycles. The van der Waals surface area contributed by atoms with E-state index in [1.807, 2.05) is 60.7 Å². The van der Waals surface area contributed by atoms with Crippen LogP contribution in [0.2, 0.25) is 0 Å². The van der Waals surface area contributed by atoms with Gasteiger partial charge in [0.15, 0.2) is 5.82 Å². The van der Waals surface area contributed by atoms with Crippen molar-refractivity contribution in [1.82, 2.24) is 19.7 Å². The first-order valence-electron chi connectivity index (χ1n) is 12.0. The van der Waals surface area contributed by atoms with Crippen molar-refractivity contribution in [3.05, 3.63) is 83.7 Å². The molecular formula is C28H25N5O3. The van der Waals surface area contributed by atoms with Crippen molar-refractivity contribution in [3.63, 3.8) is 0 Å². The Kier molecular flexibility index (Phi) is 5.00. The second kappa shape index (κ2) is 8.12. The molecule has 2 aromatic carbocycles. The highest BCUT2D eigenvalue weighted by atomic mass is 16.4. The summed E-state index contributed by atoms with van der Waals surface area (Å²) in [6, 6.07) is 19.4. The van der Waals surface area contributed by atoms with Gasteiger partial charge < -0.3 is 9.67 Å². The fraction of sp³-hybridized carbons (Fsp3) is 0.250. The van der Waals surface area contributed by atoms with E-state index in [-0.39, 0.29) is 5.91 Å². The lowest BCUT2D eigenvalue weighted by atomic mass is 9.84. The van der Waals surface area contributed by atoms with E-state index in [4.69, 9.17) is 4.98 Å².